The molecule has 174 valence electrons. The summed E-state index contributed by atoms with van der Waals surface area (Å²) in [6, 6.07) is 18.0. The molecule has 0 fully saturated rings. The molecular formula is C24H25ClN2O5S. The summed E-state index contributed by atoms with van der Waals surface area (Å²) in [7, 11) is -2.21. The minimum absolute atomic E-state index is 0.0801. The van der Waals surface area contributed by atoms with E-state index in [4.69, 9.17) is 21.1 Å². The first-order valence-corrected chi connectivity index (χ1v) is 12.0. The maximum absolute atomic E-state index is 12.7. The molecule has 2 N–H and O–H groups in total. The van der Waals surface area contributed by atoms with Gasteiger partial charge in [0.2, 0.25) is 0 Å². The standard InChI is InChI=1S/C24H25ClN2O5S/c1-16-14-20(33(29,30)27-19-10-8-18(25)9-11-19)12-13-22(16)32-15-24(28)26-17(2)21-6-4-5-7-23(21)31-3/h4-14,17,27H,15H2,1-3H3,(H,26,28). The lowest BCUT2D eigenvalue weighted by atomic mass is 10.1. The summed E-state index contributed by atoms with van der Waals surface area (Å²) < 4.78 is 38.8. The summed E-state index contributed by atoms with van der Waals surface area (Å²) in [6.45, 7) is 3.36. The van der Waals surface area contributed by atoms with E-state index in [2.05, 4.69) is 10.0 Å². The SMILES string of the molecule is COc1ccccc1C(C)NC(=O)COc1ccc(S(=O)(=O)Nc2ccc(Cl)cc2)cc1C. The fourth-order valence-electron chi connectivity index (χ4n) is 3.21. The van der Waals surface area contributed by atoms with Crippen LogP contribution in [0, 0.1) is 6.92 Å². The van der Waals surface area contributed by atoms with Gasteiger partial charge in [0.1, 0.15) is 11.5 Å². The normalized spacial score (nSPS) is 12.0. The van der Waals surface area contributed by atoms with Gasteiger partial charge in [-0.05, 0) is 67.9 Å². The zero-order chi connectivity index (χ0) is 24.0. The number of amides is 1. The number of ether oxygens (including phenoxy) is 2. The van der Waals surface area contributed by atoms with Gasteiger partial charge in [-0.3, -0.25) is 9.52 Å². The Balaban J connectivity index is 1.62. The Labute approximate surface area is 198 Å². The molecule has 33 heavy (non-hydrogen) atoms. The topological polar surface area (TPSA) is 93.7 Å². The molecule has 3 aromatic carbocycles. The van der Waals surface area contributed by atoms with Crippen LogP contribution in [-0.2, 0) is 14.8 Å². The van der Waals surface area contributed by atoms with E-state index < -0.39 is 10.0 Å². The van der Waals surface area contributed by atoms with Crippen LogP contribution < -0.4 is 19.5 Å². The van der Waals surface area contributed by atoms with Crippen LogP contribution in [0.3, 0.4) is 0 Å². The van der Waals surface area contributed by atoms with Crippen LogP contribution in [0.2, 0.25) is 5.02 Å². The Morgan fingerprint density at radius 3 is 2.39 bits per heavy atom. The number of halogens is 1. The van der Waals surface area contributed by atoms with E-state index >= 15 is 0 Å². The third-order valence-corrected chi connectivity index (χ3v) is 6.53. The second kappa shape index (κ2) is 10.6. The number of sulfonamides is 1. The van der Waals surface area contributed by atoms with E-state index in [1.165, 1.54) is 18.2 Å². The molecule has 0 radical (unpaired) electrons. The van der Waals surface area contributed by atoms with Gasteiger partial charge in [-0.25, -0.2) is 8.42 Å². The van der Waals surface area contributed by atoms with E-state index in [0.717, 1.165) is 5.56 Å². The molecule has 0 heterocycles. The van der Waals surface area contributed by atoms with Crippen LogP contribution in [0.1, 0.15) is 24.1 Å². The molecule has 7 nitrogen and oxygen atoms in total. The fourth-order valence-corrected chi connectivity index (χ4v) is 4.48. The Hall–Kier alpha value is -3.23. The van der Waals surface area contributed by atoms with E-state index in [9.17, 15) is 13.2 Å². The van der Waals surface area contributed by atoms with E-state index in [1.807, 2.05) is 31.2 Å². The number of carbonyl (C=O) groups excluding carboxylic acids is 1. The number of hydrogen-bond donors (Lipinski definition) is 2. The van der Waals surface area contributed by atoms with Gasteiger partial charge in [-0.15, -0.1) is 0 Å². The van der Waals surface area contributed by atoms with Gasteiger partial charge in [0.15, 0.2) is 6.61 Å². The molecule has 0 aliphatic carbocycles. The summed E-state index contributed by atoms with van der Waals surface area (Å²) in [5.41, 5.74) is 1.84. The van der Waals surface area contributed by atoms with Crippen LogP contribution in [0.15, 0.2) is 71.6 Å². The first-order chi connectivity index (χ1) is 15.7. The monoisotopic (exact) mass is 488 g/mol. The van der Waals surface area contributed by atoms with Crippen molar-refractivity contribution in [2.24, 2.45) is 0 Å². The van der Waals surface area contributed by atoms with Gasteiger partial charge in [-0.2, -0.15) is 0 Å². The van der Waals surface area contributed by atoms with Gasteiger partial charge < -0.3 is 14.8 Å². The maximum atomic E-state index is 12.7. The predicted molar refractivity (Wildman–Crippen MR) is 128 cm³/mol. The Bertz CT molecular complexity index is 1230. The number of benzene rings is 3. The summed E-state index contributed by atoms with van der Waals surface area (Å²) in [6.07, 6.45) is 0. The highest BCUT2D eigenvalue weighted by molar-refractivity contribution is 7.92. The van der Waals surface area contributed by atoms with E-state index in [0.29, 0.717) is 27.8 Å². The molecule has 1 atom stereocenters. The molecule has 0 saturated heterocycles. The lowest BCUT2D eigenvalue weighted by Gasteiger charge is -2.18. The van der Waals surface area contributed by atoms with Gasteiger partial charge >= 0.3 is 0 Å². The van der Waals surface area contributed by atoms with Crippen LogP contribution in [0.5, 0.6) is 11.5 Å². The molecule has 0 aromatic heterocycles. The predicted octanol–water partition coefficient (Wildman–Crippen LogP) is 4.71. The van der Waals surface area contributed by atoms with Gasteiger partial charge in [0.25, 0.3) is 15.9 Å². The van der Waals surface area contributed by atoms with Crippen molar-refractivity contribution in [3.05, 3.63) is 82.9 Å². The highest BCUT2D eigenvalue weighted by Crippen LogP contribution is 2.26. The molecule has 0 saturated carbocycles. The van der Waals surface area contributed by atoms with Gasteiger partial charge in [-0.1, -0.05) is 29.8 Å². The molecule has 9 heteroatoms. The third kappa shape index (κ3) is 6.40. The molecule has 3 aromatic rings. The number of carbonyl (C=O) groups is 1. The van der Waals surface area contributed by atoms with Gasteiger partial charge in [0, 0.05) is 16.3 Å². The van der Waals surface area contributed by atoms with Crippen molar-refractivity contribution >= 4 is 33.2 Å². The number of nitrogens with one attached hydrogen (secondary N) is 2. The number of anilines is 1. The van der Waals surface area contributed by atoms with E-state index in [1.54, 1.807) is 38.3 Å². The zero-order valence-electron chi connectivity index (χ0n) is 18.5. The van der Waals surface area contributed by atoms with Gasteiger partial charge in [0.05, 0.1) is 18.0 Å². The van der Waals surface area contributed by atoms with Crippen molar-refractivity contribution in [3.8, 4) is 11.5 Å². The maximum Gasteiger partial charge on any atom is 0.261 e. The van der Waals surface area contributed by atoms with Crippen LogP contribution in [0.25, 0.3) is 0 Å². The Morgan fingerprint density at radius 1 is 1.03 bits per heavy atom. The minimum Gasteiger partial charge on any atom is -0.496 e. The van der Waals surface area contributed by atoms with Crippen molar-refractivity contribution in [1.29, 1.82) is 0 Å². The molecule has 0 aliphatic rings. The highest BCUT2D eigenvalue weighted by Gasteiger charge is 2.17. The van der Waals surface area contributed by atoms with Crippen molar-refractivity contribution in [2.45, 2.75) is 24.8 Å². The van der Waals surface area contributed by atoms with Crippen LogP contribution in [-0.4, -0.2) is 28.0 Å². The number of hydrogen-bond acceptors (Lipinski definition) is 5. The van der Waals surface area contributed by atoms with E-state index in [-0.39, 0.29) is 23.5 Å². The average molecular weight is 489 g/mol. The van der Waals surface area contributed by atoms with Crippen molar-refractivity contribution in [1.82, 2.24) is 5.32 Å². The number of aryl methyl sites for hydroxylation is 1. The minimum atomic E-state index is -3.79. The summed E-state index contributed by atoms with van der Waals surface area (Å²) >= 11 is 5.84. The summed E-state index contributed by atoms with van der Waals surface area (Å²) in [4.78, 5) is 12.5. The first-order valence-electron chi connectivity index (χ1n) is 10.1. The lowest BCUT2D eigenvalue weighted by Crippen LogP contribution is -2.31. The lowest BCUT2D eigenvalue weighted by molar-refractivity contribution is -0.123. The smallest absolute Gasteiger partial charge is 0.261 e. The second-order valence-electron chi connectivity index (χ2n) is 7.36. The molecule has 1 amide bonds. The zero-order valence-corrected chi connectivity index (χ0v) is 20.0. The molecule has 1 unspecified atom stereocenters. The molecule has 0 spiro atoms. The quantitative estimate of drug-likeness (QED) is 0.454. The summed E-state index contributed by atoms with van der Waals surface area (Å²) in [5.74, 6) is 0.792. The van der Waals surface area contributed by atoms with Crippen molar-refractivity contribution in [2.75, 3.05) is 18.4 Å². The van der Waals surface area contributed by atoms with Crippen molar-refractivity contribution in [3.63, 3.8) is 0 Å². The number of para-hydroxylation sites is 1. The molecular weight excluding hydrogens is 464 g/mol. The fraction of sp³-hybridized carbons (Fsp3) is 0.208. The van der Waals surface area contributed by atoms with Crippen LogP contribution >= 0.6 is 11.6 Å². The second-order valence-corrected chi connectivity index (χ2v) is 9.48. The number of rotatable bonds is 9. The number of methoxy groups -OCH3 is 1. The highest BCUT2D eigenvalue weighted by atomic mass is 35.5. The van der Waals surface area contributed by atoms with Crippen LogP contribution in [0.4, 0.5) is 5.69 Å². The first kappa shape index (κ1) is 24.4. The summed E-state index contributed by atoms with van der Waals surface area (Å²) in [5, 5.41) is 3.38. The Kier molecular flexibility index (Phi) is 7.84. The third-order valence-electron chi connectivity index (χ3n) is 4.89. The Morgan fingerprint density at radius 2 is 1.73 bits per heavy atom. The molecule has 3 rings (SSSR count). The van der Waals surface area contributed by atoms with Crippen molar-refractivity contribution < 1.29 is 22.7 Å². The average Bonchev–Trinajstić information content (AvgIpc) is 2.79. The largest absolute Gasteiger partial charge is 0.496 e. The molecule has 0 bridgehead atoms. The molecule has 0 aliphatic heterocycles.